The summed E-state index contributed by atoms with van der Waals surface area (Å²) < 4.78 is 31.0. The Morgan fingerprint density at radius 1 is 1.55 bits per heavy atom. The zero-order valence-corrected chi connectivity index (χ0v) is 11.8. The monoisotopic (exact) mass is 321 g/mol. The average Bonchev–Trinajstić information content (AvgIpc) is 2.72. The number of amides is 1. The lowest BCUT2D eigenvalue weighted by molar-refractivity contribution is -0.131. The van der Waals surface area contributed by atoms with Crippen LogP contribution in [-0.4, -0.2) is 37.2 Å². The molecule has 1 aromatic rings. The van der Waals surface area contributed by atoms with Crippen molar-refractivity contribution >= 4 is 44.8 Å². The highest BCUT2D eigenvalue weighted by Crippen LogP contribution is 2.20. The third-order valence-corrected chi connectivity index (χ3v) is 3.53. The number of ether oxygens (including phenoxy) is 1. The largest absolute Gasteiger partial charge is 0.478 e. The molecule has 0 radical (unpaired) electrons. The summed E-state index contributed by atoms with van der Waals surface area (Å²) in [5.74, 6) is -1.13. The highest BCUT2D eigenvalue weighted by Gasteiger charge is 2.16. The normalized spacial score (nSPS) is 11.2. The summed E-state index contributed by atoms with van der Waals surface area (Å²) in [5.41, 5.74) is 0. The van der Waals surface area contributed by atoms with Crippen LogP contribution in [-0.2, 0) is 19.7 Å². The molecule has 0 aliphatic rings. The van der Waals surface area contributed by atoms with Gasteiger partial charge in [0.15, 0.2) is 5.13 Å². The van der Waals surface area contributed by atoms with E-state index in [9.17, 15) is 18.0 Å². The van der Waals surface area contributed by atoms with Crippen molar-refractivity contribution in [3.8, 4) is 0 Å². The van der Waals surface area contributed by atoms with Gasteiger partial charge in [-0.05, 0) is 13.0 Å². The van der Waals surface area contributed by atoms with Crippen LogP contribution < -0.4 is 9.44 Å². The second-order valence-electron chi connectivity index (χ2n) is 3.17. The first-order valence-corrected chi connectivity index (χ1v) is 7.46. The zero-order chi connectivity index (χ0) is 15.2. The molecule has 1 rings (SSSR count). The van der Waals surface area contributed by atoms with Gasteiger partial charge in [0.25, 0.3) is 0 Å². The van der Waals surface area contributed by atoms with Crippen molar-refractivity contribution in [3.63, 3.8) is 0 Å². The molecule has 0 bridgehead atoms. The Balaban J connectivity index is 2.68. The van der Waals surface area contributed by atoms with Gasteiger partial charge in [0.2, 0.25) is 0 Å². The van der Waals surface area contributed by atoms with Crippen LogP contribution in [0.4, 0.5) is 9.93 Å². The van der Waals surface area contributed by atoms with E-state index in [1.54, 1.807) is 4.72 Å². The Bertz CT molecular complexity index is 621. The topological polar surface area (TPSA) is 135 Å². The summed E-state index contributed by atoms with van der Waals surface area (Å²) in [4.78, 5) is 25.5. The molecule has 0 aliphatic carbocycles. The fourth-order valence-corrected chi connectivity index (χ4v) is 2.65. The molecule has 110 valence electrons. The number of carbonyl (C=O) groups excluding carboxylic acids is 1. The summed E-state index contributed by atoms with van der Waals surface area (Å²) in [6.07, 6.45) is 2.33. The second kappa shape index (κ2) is 6.86. The number of anilines is 1. The fourth-order valence-electron chi connectivity index (χ4n) is 0.975. The van der Waals surface area contributed by atoms with Gasteiger partial charge in [-0.2, -0.15) is 8.42 Å². The molecule has 1 heterocycles. The van der Waals surface area contributed by atoms with Crippen LogP contribution in [0.3, 0.4) is 0 Å². The van der Waals surface area contributed by atoms with Gasteiger partial charge in [-0.15, -0.1) is 0 Å². The van der Waals surface area contributed by atoms with Gasteiger partial charge >= 0.3 is 22.3 Å². The minimum Gasteiger partial charge on any atom is -0.478 e. The van der Waals surface area contributed by atoms with Gasteiger partial charge in [-0.1, -0.05) is 11.3 Å². The Labute approximate surface area is 118 Å². The number of carboxylic acid groups (broad SMARTS) is 1. The molecule has 3 N–H and O–H groups in total. The molecule has 0 unspecified atom stereocenters. The van der Waals surface area contributed by atoms with Crippen molar-refractivity contribution in [3.05, 3.63) is 17.2 Å². The van der Waals surface area contributed by atoms with Crippen LogP contribution in [0.25, 0.3) is 6.08 Å². The highest BCUT2D eigenvalue weighted by molar-refractivity contribution is 7.91. The SMILES string of the molecule is CCOC(=O)NS(=O)(=O)Nc1ncc(/C=C/C(=O)O)s1. The minimum absolute atomic E-state index is 0.0214. The van der Waals surface area contributed by atoms with Crippen LogP contribution >= 0.6 is 11.3 Å². The van der Waals surface area contributed by atoms with Crippen LogP contribution in [0.15, 0.2) is 12.3 Å². The molecule has 0 aromatic carbocycles. The first kappa shape index (κ1) is 15.9. The molecule has 0 atom stereocenters. The second-order valence-corrected chi connectivity index (χ2v) is 5.64. The molecule has 1 aromatic heterocycles. The molecular formula is C9H11N3O6S2. The maximum atomic E-state index is 11.5. The number of carbonyl (C=O) groups is 2. The molecule has 0 saturated heterocycles. The number of rotatable bonds is 6. The third kappa shape index (κ3) is 5.67. The van der Waals surface area contributed by atoms with Crippen molar-refractivity contribution in [1.82, 2.24) is 9.71 Å². The van der Waals surface area contributed by atoms with E-state index in [2.05, 4.69) is 9.72 Å². The maximum absolute atomic E-state index is 11.5. The molecule has 1 amide bonds. The molecule has 0 spiro atoms. The average molecular weight is 321 g/mol. The predicted molar refractivity (Wildman–Crippen MR) is 71.5 cm³/mol. The van der Waals surface area contributed by atoms with Crippen molar-refractivity contribution in [2.24, 2.45) is 0 Å². The lowest BCUT2D eigenvalue weighted by atomic mass is 10.4. The van der Waals surface area contributed by atoms with E-state index in [-0.39, 0.29) is 11.7 Å². The number of hydrogen-bond acceptors (Lipinski definition) is 7. The quantitative estimate of drug-likeness (QED) is 0.654. The highest BCUT2D eigenvalue weighted by atomic mass is 32.2. The Morgan fingerprint density at radius 3 is 2.85 bits per heavy atom. The molecule has 0 aliphatic heterocycles. The Hall–Kier alpha value is -2.14. The van der Waals surface area contributed by atoms with E-state index in [0.717, 1.165) is 17.4 Å². The maximum Gasteiger partial charge on any atom is 0.422 e. The third-order valence-electron chi connectivity index (χ3n) is 1.63. The molecule has 0 saturated carbocycles. The van der Waals surface area contributed by atoms with Gasteiger partial charge in [-0.3, -0.25) is 0 Å². The molecule has 0 fully saturated rings. The molecule has 11 heteroatoms. The molecule has 9 nitrogen and oxygen atoms in total. The Kier molecular flexibility index (Phi) is 5.46. The Morgan fingerprint density at radius 2 is 2.25 bits per heavy atom. The summed E-state index contributed by atoms with van der Waals surface area (Å²) in [5, 5.41) is 8.42. The van der Waals surface area contributed by atoms with E-state index in [0.29, 0.717) is 4.88 Å². The van der Waals surface area contributed by atoms with Gasteiger partial charge in [0, 0.05) is 17.2 Å². The summed E-state index contributed by atoms with van der Waals surface area (Å²) >= 11 is 0.899. The number of nitrogens with zero attached hydrogens (tertiary/aromatic N) is 1. The van der Waals surface area contributed by atoms with Crippen LogP contribution in [0.1, 0.15) is 11.8 Å². The van der Waals surface area contributed by atoms with E-state index >= 15 is 0 Å². The lowest BCUT2D eigenvalue weighted by Crippen LogP contribution is -2.35. The lowest BCUT2D eigenvalue weighted by Gasteiger charge is -2.06. The van der Waals surface area contributed by atoms with Gasteiger partial charge < -0.3 is 9.84 Å². The number of aliphatic carboxylic acids is 1. The smallest absolute Gasteiger partial charge is 0.422 e. The van der Waals surface area contributed by atoms with E-state index in [1.165, 1.54) is 19.2 Å². The number of hydrogen-bond donors (Lipinski definition) is 3. The van der Waals surface area contributed by atoms with E-state index < -0.39 is 22.3 Å². The molecular weight excluding hydrogens is 310 g/mol. The zero-order valence-electron chi connectivity index (χ0n) is 10.2. The number of carboxylic acids is 1. The van der Waals surface area contributed by atoms with Crippen LogP contribution in [0, 0.1) is 0 Å². The summed E-state index contributed by atoms with van der Waals surface area (Å²) in [7, 11) is -4.14. The van der Waals surface area contributed by atoms with E-state index in [1.807, 2.05) is 4.72 Å². The van der Waals surface area contributed by atoms with Crippen molar-refractivity contribution in [2.45, 2.75) is 6.92 Å². The van der Waals surface area contributed by atoms with Crippen LogP contribution in [0.2, 0.25) is 0 Å². The van der Waals surface area contributed by atoms with Crippen molar-refractivity contribution < 1.29 is 27.9 Å². The summed E-state index contributed by atoms with van der Waals surface area (Å²) in [6, 6.07) is 0. The van der Waals surface area contributed by atoms with E-state index in [4.69, 9.17) is 5.11 Å². The minimum atomic E-state index is -4.14. The van der Waals surface area contributed by atoms with Crippen LogP contribution in [0.5, 0.6) is 0 Å². The standard InChI is InChI=1S/C9H11N3O6S2/c1-2-18-9(15)12-20(16,17)11-8-10-5-6(19-8)3-4-7(13)14/h3-5H,2H2,1H3,(H,10,11)(H,12,15)(H,13,14)/b4-3+. The van der Waals surface area contributed by atoms with Crippen molar-refractivity contribution in [2.75, 3.05) is 11.3 Å². The van der Waals surface area contributed by atoms with Gasteiger partial charge in [0.05, 0.1) is 6.61 Å². The van der Waals surface area contributed by atoms with Gasteiger partial charge in [-0.25, -0.2) is 24.0 Å². The molecule has 20 heavy (non-hydrogen) atoms. The number of thiazole rings is 1. The summed E-state index contributed by atoms with van der Waals surface area (Å²) in [6.45, 7) is 1.56. The number of nitrogens with one attached hydrogen (secondary N) is 2. The first-order valence-electron chi connectivity index (χ1n) is 5.16. The van der Waals surface area contributed by atoms with Crippen molar-refractivity contribution in [1.29, 1.82) is 0 Å². The fraction of sp³-hybridized carbons (Fsp3) is 0.222. The number of aromatic nitrogens is 1. The predicted octanol–water partition coefficient (Wildman–Crippen LogP) is 0.644. The first-order chi connectivity index (χ1) is 9.32. The van der Waals surface area contributed by atoms with Gasteiger partial charge in [0.1, 0.15) is 0 Å².